The zero-order valence-corrected chi connectivity index (χ0v) is 14.7. The Hall–Kier alpha value is -1.87. The molecule has 3 fully saturated rings. The van der Waals surface area contributed by atoms with Crippen molar-refractivity contribution in [1.82, 2.24) is 24.3 Å². The van der Waals surface area contributed by atoms with E-state index in [9.17, 15) is 4.79 Å². The molecule has 1 aliphatic heterocycles. The van der Waals surface area contributed by atoms with Gasteiger partial charge in [-0.1, -0.05) is 0 Å². The van der Waals surface area contributed by atoms with E-state index >= 15 is 0 Å². The number of anilines is 1. The van der Waals surface area contributed by atoms with Gasteiger partial charge in [-0.15, -0.1) is 10.2 Å². The average molecular weight is 360 g/mol. The van der Waals surface area contributed by atoms with Gasteiger partial charge in [0, 0.05) is 37.6 Å². The summed E-state index contributed by atoms with van der Waals surface area (Å²) >= 11 is 1.34. The third-order valence-corrected chi connectivity index (χ3v) is 5.75. The van der Waals surface area contributed by atoms with E-state index in [1.807, 2.05) is 0 Å². The van der Waals surface area contributed by atoms with Crippen LogP contribution in [0.25, 0.3) is 0 Å². The molecule has 5 rings (SSSR count). The minimum atomic E-state index is -0.0201. The summed E-state index contributed by atoms with van der Waals surface area (Å²) < 4.78 is 9.43. The molecule has 0 spiro atoms. The standard InChI is InChI=1S/C16H20N6O2S/c23-14-13(17-5-6-21(14)11-1-2-11)25-16-19-18-15(22(16)12-3-4-12)20-7-9-24-10-8-20/h5-6,11-12H,1-4,7-10H2. The number of ether oxygens (including phenoxy) is 1. The van der Waals surface area contributed by atoms with Crippen LogP contribution in [0.5, 0.6) is 0 Å². The number of aromatic nitrogens is 5. The van der Waals surface area contributed by atoms with E-state index in [1.165, 1.54) is 11.8 Å². The van der Waals surface area contributed by atoms with Crippen LogP contribution in [0.1, 0.15) is 37.8 Å². The Bertz CT molecular complexity index is 835. The maximum Gasteiger partial charge on any atom is 0.283 e. The zero-order valence-electron chi connectivity index (χ0n) is 13.9. The second-order valence-corrected chi connectivity index (χ2v) is 7.72. The van der Waals surface area contributed by atoms with Gasteiger partial charge in [-0.25, -0.2) is 4.98 Å². The van der Waals surface area contributed by atoms with Gasteiger partial charge < -0.3 is 14.2 Å². The largest absolute Gasteiger partial charge is 0.378 e. The summed E-state index contributed by atoms with van der Waals surface area (Å²) in [6, 6.07) is 0.782. The van der Waals surface area contributed by atoms with E-state index in [0.717, 1.165) is 49.9 Å². The van der Waals surface area contributed by atoms with E-state index in [4.69, 9.17) is 4.74 Å². The SMILES string of the molecule is O=c1c(Sc2nnc(N3CCOCC3)n2C2CC2)nccn1C1CC1. The monoisotopic (exact) mass is 360 g/mol. The summed E-state index contributed by atoms with van der Waals surface area (Å²) in [6.07, 6.45) is 7.92. The Labute approximate surface area is 149 Å². The Morgan fingerprint density at radius 3 is 2.56 bits per heavy atom. The molecule has 0 amide bonds. The van der Waals surface area contributed by atoms with E-state index in [2.05, 4.69) is 24.6 Å². The van der Waals surface area contributed by atoms with E-state index < -0.39 is 0 Å². The van der Waals surface area contributed by atoms with E-state index in [1.54, 1.807) is 17.0 Å². The number of hydrogen-bond acceptors (Lipinski definition) is 7. The summed E-state index contributed by atoms with van der Waals surface area (Å²) in [4.78, 5) is 19.2. The van der Waals surface area contributed by atoms with Gasteiger partial charge >= 0.3 is 0 Å². The first-order valence-electron chi connectivity index (χ1n) is 8.84. The molecular weight excluding hydrogens is 340 g/mol. The van der Waals surface area contributed by atoms with Crippen LogP contribution in [-0.2, 0) is 4.74 Å². The second kappa shape index (κ2) is 6.14. The maximum atomic E-state index is 12.7. The molecule has 25 heavy (non-hydrogen) atoms. The van der Waals surface area contributed by atoms with E-state index in [0.29, 0.717) is 30.3 Å². The molecule has 0 N–H and O–H groups in total. The Balaban J connectivity index is 1.47. The van der Waals surface area contributed by atoms with Crippen LogP contribution in [0.15, 0.2) is 27.4 Å². The summed E-state index contributed by atoms with van der Waals surface area (Å²) in [5.41, 5.74) is -0.0201. The lowest BCUT2D eigenvalue weighted by atomic mass is 10.4. The summed E-state index contributed by atoms with van der Waals surface area (Å²) in [5.74, 6) is 0.895. The van der Waals surface area contributed by atoms with Crippen molar-refractivity contribution in [3.63, 3.8) is 0 Å². The number of nitrogens with zero attached hydrogens (tertiary/aromatic N) is 6. The van der Waals surface area contributed by atoms with Gasteiger partial charge in [-0.05, 0) is 37.4 Å². The smallest absolute Gasteiger partial charge is 0.283 e. The van der Waals surface area contributed by atoms with Gasteiger partial charge in [0.15, 0.2) is 10.2 Å². The molecule has 3 aliphatic rings. The van der Waals surface area contributed by atoms with Crippen molar-refractivity contribution in [1.29, 1.82) is 0 Å². The van der Waals surface area contributed by atoms with Crippen molar-refractivity contribution in [3.05, 3.63) is 22.7 Å². The number of hydrogen-bond donors (Lipinski definition) is 0. The molecule has 3 heterocycles. The molecule has 0 bridgehead atoms. The lowest BCUT2D eigenvalue weighted by Crippen LogP contribution is -2.38. The predicted molar refractivity (Wildman–Crippen MR) is 92.2 cm³/mol. The molecule has 0 aromatic carbocycles. The van der Waals surface area contributed by atoms with Crippen molar-refractivity contribution in [2.24, 2.45) is 0 Å². The summed E-state index contributed by atoms with van der Waals surface area (Å²) in [7, 11) is 0. The average Bonchev–Trinajstić information content (AvgIpc) is 3.56. The van der Waals surface area contributed by atoms with Crippen LogP contribution < -0.4 is 10.5 Å². The van der Waals surface area contributed by atoms with E-state index in [-0.39, 0.29) is 5.56 Å². The normalized spacial score (nSPS) is 20.9. The third kappa shape index (κ3) is 2.95. The Morgan fingerprint density at radius 1 is 1.08 bits per heavy atom. The van der Waals surface area contributed by atoms with Gasteiger partial charge in [-0.2, -0.15) is 0 Å². The Kier molecular flexibility index (Phi) is 3.78. The van der Waals surface area contributed by atoms with Crippen LogP contribution in [0, 0.1) is 0 Å². The minimum Gasteiger partial charge on any atom is -0.378 e. The molecule has 8 nitrogen and oxygen atoms in total. The fraction of sp³-hybridized carbons (Fsp3) is 0.625. The van der Waals surface area contributed by atoms with Gasteiger partial charge in [0.2, 0.25) is 5.95 Å². The first kappa shape index (κ1) is 15.4. The Morgan fingerprint density at radius 2 is 1.84 bits per heavy atom. The molecule has 9 heteroatoms. The molecule has 1 saturated heterocycles. The first-order valence-corrected chi connectivity index (χ1v) is 9.65. The molecule has 0 unspecified atom stereocenters. The van der Waals surface area contributed by atoms with Gasteiger partial charge in [0.05, 0.1) is 13.2 Å². The number of rotatable bonds is 5. The molecule has 2 aromatic rings. The van der Waals surface area contributed by atoms with Crippen LogP contribution in [0.2, 0.25) is 0 Å². The molecule has 2 saturated carbocycles. The predicted octanol–water partition coefficient (Wildman–Crippen LogP) is 1.49. The highest BCUT2D eigenvalue weighted by Crippen LogP contribution is 2.42. The molecule has 0 radical (unpaired) electrons. The van der Waals surface area contributed by atoms with Crippen LogP contribution >= 0.6 is 11.8 Å². The molecule has 132 valence electrons. The zero-order chi connectivity index (χ0) is 16.8. The lowest BCUT2D eigenvalue weighted by molar-refractivity contribution is 0.121. The fourth-order valence-corrected chi connectivity index (χ4v) is 4.06. The van der Waals surface area contributed by atoms with Crippen molar-refractivity contribution >= 4 is 17.7 Å². The van der Waals surface area contributed by atoms with Crippen molar-refractivity contribution in [2.45, 2.75) is 47.9 Å². The third-order valence-electron chi connectivity index (χ3n) is 4.82. The molecular formula is C16H20N6O2S. The van der Waals surface area contributed by atoms with Crippen LogP contribution in [0.4, 0.5) is 5.95 Å². The molecule has 2 aromatic heterocycles. The minimum absolute atomic E-state index is 0.0201. The van der Waals surface area contributed by atoms with Crippen molar-refractivity contribution in [2.75, 3.05) is 31.2 Å². The van der Waals surface area contributed by atoms with Crippen molar-refractivity contribution < 1.29 is 4.74 Å². The molecule has 0 atom stereocenters. The molecule has 2 aliphatic carbocycles. The summed E-state index contributed by atoms with van der Waals surface area (Å²) in [6.45, 7) is 3.08. The maximum absolute atomic E-state index is 12.7. The lowest BCUT2D eigenvalue weighted by Gasteiger charge is -2.27. The van der Waals surface area contributed by atoms with Crippen LogP contribution in [-0.4, -0.2) is 50.6 Å². The van der Waals surface area contributed by atoms with Crippen LogP contribution in [0.3, 0.4) is 0 Å². The fourth-order valence-electron chi connectivity index (χ4n) is 3.17. The highest BCUT2D eigenvalue weighted by Gasteiger charge is 2.33. The first-order chi connectivity index (χ1) is 12.3. The highest BCUT2D eigenvalue weighted by atomic mass is 32.2. The topological polar surface area (TPSA) is 78.1 Å². The highest BCUT2D eigenvalue weighted by molar-refractivity contribution is 7.99. The number of morpholine rings is 1. The van der Waals surface area contributed by atoms with Gasteiger partial charge in [0.1, 0.15) is 0 Å². The van der Waals surface area contributed by atoms with Crippen molar-refractivity contribution in [3.8, 4) is 0 Å². The van der Waals surface area contributed by atoms with Gasteiger partial charge in [0.25, 0.3) is 5.56 Å². The van der Waals surface area contributed by atoms with Gasteiger partial charge in [-0.3, -0.25) is 9.36 Å². The summed E-state index contributed by atoms with van der Waals surface area (Å²) in [5, 5.41) is 10.1. The second-order valence-electron chi connectivity index (χ2n) is 6.76. The quantitative estimate of drug-likeness (QED) is 0.799.